The van der Waals surface area contributed by atoms with Crippen LogP contribution in [0.1, 0.15) is 37.1 Å². The van der Waals surface area contributed by atoms with Crippen LogP contribution in [0.5, 0.6) is 0 Å². The molecule has 9 heteroatoms. The molecule has 1 spiro atoms. The Labute approximate surface area is 154 Å². The van der Waals surface area contributed by atoms with Crippen molar-refractivity contribution in [3.05, 3.63) is 11.5 Å². The molecule has 0 radical (unpaired) electrons. The number of nitrogens with one attached hydrogen (secondary N) is 1. The van der Waals surface area contributed by atoms with E-state index < -0.39 is 10.0 Å². The van der Waals surface area contributed by atoms with Crippen molar-refractivity contribution in [2.24, 2.45) is 11.3 Å². The first-order chi connectivity index (χ1) is 12.3. The predicted molar refractivity (Wildman–Crippen MR) is 94.0 cm³/mol. The predicted octanol–water partition coefficient (Wildman–Crippen LogP) is 1.23. The van der Waals surface area contributed by atoms with E-state index in [9.17, 15) is 13.2 Å². The second-order valence-electron chi connectivity index (χ2n) is 7.36. The summed E-state index contributed by atoms with van der Waals surface area (Å²) in [5.74, 6) is -0.131. The van der Waals surface area contributed by atoms with Gasteiger partial charge in [0, 0.05) is 26.7 Å². The van der Waals surface area contributed by atoms with E-state index in [2.05, 4.69) is 10.5 Å². The maximum Gasteiger partial charge on any atom is 0.248 e. The average Bonchev–Trinajstić information content (AvgIpc) is 3.29. The Hall–Kier alpha value is -1.45. The van der Waals surface area contributed by atoms with Crippen molar-refractivity contribution in [3.8, 4) is 0 Å². The lowest BCUT2D eigenvalue weighted by atomic mass is 9.76. The maximum atomic E-state index is 13.2. The molecule has 8 nitrogen and oxygen atoms in total. The smallest absolute Gasteiger partial charge is 0.248 e. The topological polar surface area (TPSA) is 102 Å². The first kappa shape index (κ1) is 19.3. The number of methoxy groups -OCH3 is 1. The number of nitrogens with zero attached hydrogens (tertiary/aromatic N) is 2. The summed E-state index contributed by atoms with van der Waals surface area (Å²) >= 11 is 0. The number of hydrogen-bond acceptors (Lipinski definition) is 6. The van der Waals surface area contributed by atoms with E-state index in [1.165, 1.54) is 4.31 Å². The van der Waals surface area contributed by atoms with Crippen LogP contribution in [0.4, 0.5) is 0 Å². The monoisotopic (exact) mass is 385 g/mol. The number of amides is 1. The van der Waals surface area contributed by atoms with Gasteiger partial charge in [0.25, 0.3) is 0 Å². The Kier molecular flexibility index (Phi) is 5.41. The van der Waals surface area contributed by atoms with Gasteiger partial charge in [-0.2, -0.15) is 4.31 Å². The first-order valence-corrected chi connectivity index (χ1v) is 10.5. The van der Waals surface area contributed by atoms with Crippen LogP contribution in [0, 0.1) is 25.2 Å². The highest BCUT2D eigenvalue weighted by Crippen LogP contribution is 2.50. The number of aryl methyl sites for hydroxylation is 2. The number of carbonyl (C=O) groups excluding carboxylic acids is 1. The minimum atomic E-state index is -3.74. The fourth-order valence-corrected chi connectivity index (χ4v) is 6.27. The van der Waals surface area contributed by atoms with Gasteiger partial charge in [-0.1, -0.05) is 18.0 Å². The summed E-state index contributed by atoms with van der Waals surface area (Å²) in [6.45, 7) is 4.67. The van der Waals surface area contributed by atoms with E-state index in [1.807, 2.05) is 0 Å². The van der Waals surface area contributed by atoms with Crippen LogP contribution in [-0.2, 0) is 19.6 Å². The van der Waals surface area contributed by atoms with Gasteiger partial charge >= 0.3 is 0 Å². The molecule has 1 aliphatic carbocycles. The van der Waals surface area contributed by atoms with Gasteiger partial charge in [-0.25, -0.2) is 8.42 Å². The van der Waals surface area contributed by atoms with Crippen LogP contribution >= 0.6 is 0 Å². The Bertz CT molecular complexity index is 748. The highest BCUT2D eigenvalue weighted by molar-refractivity contribution is 7.89. The highest BCUT2D eigenvalue weighted by atomic mass is 32.2. The molecule has 3 rings (SSSR count). The van der Waals surface area contributed by atoms with Crippen LogP contribution in [-0.4, -0.2) is 57.1 Å². The molecule has 146 valence electrons. The van der Waals surface area contributed by atoms with Crippen molar-refractivity contribution >= 4 is 15.9 Å². The van der Waals surface area contributed by atoms with Gasteiger partial charge in [-0.15, -0.1) is 0 Å². The summed E-state index contributed by atoms with van der Waals surface area (Å²) in [5.41, 5.74) is 0.0828. The van der Waals surface area contributed by atoms with Gasteiger partial charge in [-0.3, -0.25) is 4.79 Å². The number of hydrogen-bond donors (Lipinski definition) is 1. The van der Waals surface area contributed by atoms with Crippen molar-refractivity contribution in [1.82, 2.24) is 14.8 Å². The van der Waals surface area contributed by atoms with Crippen molar-refractivity contribution < 1.29 is 22.5 Å². The van der Waals surface area contributed by atoms with Crippen molar-refractivity contribution in [3.63, 3.8) is 0 Å². The van der Waals surface area contributed by atoms with E-state index >= 15 is 0 Å². The van der Waals surface area contributed by atoms with Gasteiger partial charge in [0.15, 0.2) is 5.76 Å². The molecule has 26 heavy (non-hydrogen) atoms. The maximum absolute atomic E-state index is 13.2. The molecule has 1 saturated heterocycles. The molecule has 2 aliphatic rings. The van der Waals surface area contributed by atoms with Gasteiger partial charge in [-0.05, 0) is 32.1 Å². The van der Waals surface area contributed by atoms with Crippen LogP contribution in [0.25, 0.3) is 0 Å². The molecular formula is C17H27N3O5S. The molecular weight excluding hydrogens is 358 g/mol. The van der Waals surface area contributed by atoms with Crippen molar-refractivity contribution in [2.45, 2.75) is 44.4 Å². The fourth-order valence-electron chi connectivity index (χ4n) is 4.42. The Morgan fingerprint density at radius 2 is 2.08 bits per heavy atom. The molecule has 0 bridgehead atoms. The van der Waals surface area contributed by atoms with Gasteiger partial charge < -0.3 is 14.6 Å². The number of ether oxygens (including phenoxy) is 1. The molecule has 1 aliphatic heterocycles. The lowest BCUT2D eigenvalue weighted by Gasteiger charge is -2.29. The van der Waals surface area contributed by atoms with Crippen LogP contribution in [0.15, 0.2) is 9.42 Å². The summed E-state index contributed by atoms with van der Waals surface area (Å²) in [6, 6.07) is 0. The molecule has 1 atom stereocenters. The third-order valence-corrected chi connectivity index (χ3v) is 7.76. The van der Waals surface area contributed by atoms with Gasteiger partial charge in [0.1, 0.15) is 10.6 Å². The molecule has 1 N–H and O–H groups in total. The number of aromatic nitrogens is 1. The minimum absolute atomic E-state index is 0.0830. The second-order valence-corrected chi connectivity index (χ2v) is 9.23. The molecule has 1 amide bonds. The standard InChI is InChI=1S/C17H27N3O5S/c1-12-15(13(2)25-19-12)26(22,23)20-10-14(16(21)18-8-9-24-3)17(11-20)6-4-5-7-17/h14H,4-11H2,1-3H3,(H,18,21). The summed E-state index contributed by atoms with van der Waals surface area (Å²) in [4.78, 5) is 12.9. The molecule has 1 saturated carbocycles. The zero-order valence-electron chi connectivity index (χ0n) is 15.6. The average molecular weight is 385 g/mol. The van der Waals surface area contributed by atoms with Crippen molar-refractivity contribution in [2.75, 3.05) is 33.4 Å². The summed E-state index contributed by atoms with van der Waals surface area (Å²) in [5, 5.41) is 6.66. The molecule has 1 unspecified atom stereocenters. The number of sulfonamides is 1. The quantitative estimate of drug-likeness (QED) is 0.739. The molecule has 2 fully saturated rings. The van der Waals surface area contributed by atoms with Crippen LogP contribution in [0.3, 0.4) is 0 Å². The van der Waals surface area contributed by atoms with Crippen LogP contribution < -0.4 is 5.32 Å². The number of carbonyl (C=O) groups is 1. The van der Waals surface area contributed by atoms with E-state index in [1.54, 1.807) is 21.0 Å². The summed E-state index contributed by atoms with van der Waals surface area (Å²) < 4.78 is 37.8. The van der Waals surface area contributed by atoms with E-state index in [-0.39, 0.29) is 34.4 Å². The van der Waals surface area contributed by atoms with E-state index in [0.717, 1.165) is 25.7 Å². The largest absolute Gasteiger partial charge is 0.383 e. The van der Waals surface area contributed by atoms with E-state index in [4.69, 9.17) is 9.26 Å². The molecule has 0 aromatic carbocycles. The van der Waals surface area contributed by atoms with Gasteiger partial charge in [0.05, 0.1) is 12.5 Å². The number of rotatable bonds is 6. The van der Waals surface area contributed by atoms with Crippen LogP contribution in [0.2, 0.25) is 0 Å². The summed E-state index contributed by atoms with van der Waals surface area (Å²) in [6.07, 6.45) is 3.81. The zero-order chi connectivity index (χ0) is 18.9. The molecule has 1 aromatic heterocycles. The minimum Gasteiger partial charge on any atom is -0.383 e. The fraction of sp³-hybridized carbons (Fsp3) is 0.765. The lowest BCUT2D eigenvalue weighted by Crippen LogP contribution is -2.41. The summed E-state index contributed by atoms with van der Waals surface area (Å²) in [7, 11) is -2.16. The zero-order valence-corrected chi connectivity index (χ0v) is 16.4. The SMILES string of the molecule is COCCNC(=O)C1CN(S(=O)(=O)c2c(C)noc2C)CC12CCCC2. The highest BCUT2D eigenvalue weighted by Gasteiger charge is 2.54. The molecule has 1 aromatic rings. The Morgan fingerprint density at radius 1 is 1.38 bits per heavy atom. The molecule has 2 heterocycles. The van der Waals surface area contributed by atoms with Crippen molar-refractivity contribution in [1.29, 1.82) is 0 Å². The third kappa shape index (κ3) is 3.27. The Balaban J connectivity index is 1.86. The third-order valence-electron chi connectivity index (χ3n) is 5.70. The van der Waals surface area contributed by atoms with E-state index in [0.29, 0.717) is 25.4 Å². The second kappa shape index (κ2) is 7.28. The first-order valence-electron chi connectivity index (χ1n) is 9.01. The lowest BCUT2D eigenvalue weighted by molar-refractivity contribution is -0.127. The normalized spacial score (nSPS) is 23.0. The van der Waals surface area contributed by atoms with Gasteiger partial charge in [0.2, 0.25) is 15.9 Å². The Morgan fingerprint density at radius 3 is 2.65 bits per heavy atom.